The number of amides is 1. The topological polar surface area (TPSA) is 106 Å². The zero-order chi connectivity index (χ0) is 23.4. The molecular weight excluding hydrogens is 464 g/mol. The predicted octanol–water partition coefficient (Wildman–Crippen LogP) is 6.38. The maximum absolute atomic E-state index is 12.5. The highest BCUT2D eigenvalue weighted by atomic mass is 35.5. The second kappa shape index (κ2) is 9.68. The first-order valence-electron chi connectivity index (χ1n) is 9.65. The normalized spacial score (nSPS) is 10.5. The molecule has 0 unspecified atom stereocenters. The van der Waals surface area contributed by atoms with Gasteiger partial charge in [-0.25, -0.2) is 4.98 Å². The van der Waals surface area contributed by atoms with E-state index in [0.29, 0.717) is 5.69 Å². The molecule has 4 rings (SSSR count). The van der Waals surface area contributed by atoms with Crippen LogP contribution in [0.2, 0.25) is 5.02 Å². The molecule has 0 atom stereocenters. The van der Waals surface area contributed by atoms with Gasteiger partial charge in [-0.2, -0.15) is 0 Å². The zero-order valence-corrected chi connectivity index (χ0v) is 18.8. The quantitative estimate of drug-likeness (QED) is 0.235. The molecule has 0 aliphatic heterocycles. The molecular formula is C23H17ClN4O4S. The van der Waals surface area contributed by atoms with Gasteiger partial charge in [0.05, 0.1) is 17.7 Å². The van der Waals surface area contributed by atoms with Gasteiger partial charge in [0.15, 0.2) is 5.13 Å². The van der Waals surface area contributed by atoms with Crippen LogP contribution in [0.5, 0.6) is 5.75 Å². The summed E-state index contributed by atoms with van der Waals surface area (Å²) in [6.45, 7) is 0. The summed E-state index contributed by atoms with van der Waals surface area (Å²) in [5, 5.41) is 19.7. The van der Waals surface area contributed by atoms with E-state index < -0.39 is 10.8 Å². The lowest BCUT2D eigenvalue weighted by Crippen LogP contribution is -2.12. The number of nitro groups is 1. The smallest absolute Gasteiger partial charge is 0.288 e. The highest BCUT2D eigenvalue weighted by molar-refractivity contribution is 7.14. The SMILES string of the molecule is COc1cccc(Nc2nc(-c3ccc(NC(=O)c4ccc(Cl)c([N+](=O)[O-])c4)cc3)cs2)c1. The summed E-state index contributed by atoms with van der Waals surface area (Å²) in [6, 6.07) is 18.6. The van der Waals surface area contributed by atoms with Crippen LogP contribution in [-0.2, 0) is 0 Å². The van der Waals surface area contributed by atoms with Crippen molar-refractivity contribution in [1.29, 1.82) is 0 Å². The first-order valence-corrected chi connectivity index (χ1v) is 10.9. The lowest BCUT2D eigenvalue weighted by Gasteiger charge is -2.07. The molecule has 166 valence electrons. The van der Waals surface area contributed by atoms with Crippen LogP contribution in [-0.4, -0.2) is 22.9 Å². The molecule has 8 nitrogen and oxygen atoms in total. The second-order valence-electron chi connectivity index (χ2n) is 6.85. The van der Waals surface area contributed by atoms with Crippen molar-refractivity contribution in [2.45, 2.75) is 0 Å². The molecule has 1 heterocycles. The van der Waals surface area contributed by atoms with E-state index in [9.17, 15) is 14.9 Å². The fourth-order valence-electron chi connectivity index (χ4n) is 3.01. The molecule has 10 heteroatoms. The van der Waals surface area contributed by atoms with E-state index in [1.807, 2.05) is 41.8 Å². The van der Waals surface area contributed by atoms with Crippen molar-refractivity contribution in [3.05, 3.63) is 92.8 Å². The Balaban J connectivity index is 1.44. The van der Waals surface area contributed by atoms with Gasteiger partial charge in [-0.15, -0.1) is 11.3 Å². The highest BCUT2D eigenvalue weighted by Crippen LogP contribution is 2.29. The number of nitrogens with zero attached hydrogens (tertiary/aromatic N) is 2. The van der Waals surface area contributed by atoms with E-state index in [1.165, 1.54) is 23.5 Å². The Kier molecular flexibility index (Phi) is 6.53. The third kappa shape index (κ3) is 5.28. The van der Waals surface area contributed by atoms with E-state index in [-0.39, 0.29) is 16.3 Å². The number of thiazole rings is 1. The minimum Gasteiger partial charge on any atom is -0.497 e. The van der Waals surface area contributed by atoms with Gasteiger partial charge in [0, 0.05) is 40.0 Å². The van der Waals surface area contributed by atoms with E-state index >= 15 is 0 Å². The van der Waals surface area contributed by atoms with Crippen LogP contribution in [0.1, 0.15) is 10.4 Å². The lowest BCUT2D eigenvalue weighted by atomic mass is 10.1. The van der Waals surface area contributed by atoms with Gasteiger partial charge in [-0.1, -0.05) is 29.8 Å². The summed E-state index contributed by atoms with van der Waals surface area (Å²) >= 11 is 7.27. The highest BCUT2D eigenvalue weighted by Gasteiger charge is 2.16. The molecule has 0 saturated heterocycles. The molecule has 0 spiro atoms. The number of nitro benzene ring substituents is 1. The van der Waals surface area contributed by atoms with Crippen molar-refractivity contribution in [3.8, 4) is 17.0 Å². The predicted molar refractivity (Wildman–Crippen MR) is 130 cm³/mol. The molecule has 0 aliphatic rings. The number of nitrogens with one attached hydrogen (secondary N) is 2. The number of halogens is 1. The maximum Gasteiger partial charge on any atom is 0.288 e. The van der Waals surface area contributed by atoms with E-state index in [1.54, 1.807) is 19.2 Å². The molecule has 0 radical (unpaired) electrons. The van der Waals surface area contributed by atoms with Crippen LogP contribution in [0.25, 0.3) is 11.3 Å². The fourth-order valence-corrected chi connectivity index (χ4v) is 3.94. The number of rotatable bonds is 7. The molecule has 2 N–H and O–H groups in total. The largest absolute Gasteiger partial charge is 0.497 e. The Labute approximate surface area is 198 Å². The van der Waals surface area contributed by atoms with Crippen molar-refractivity contribution < 1.29 is 14.5 Å². The summed E-state index contributed by atoms with van der Waals surface area (Å²) in [5.41, 5.74) is 2.91. The monoisotopic (exact) mass is 480 g/mol. The van der Waals surface area contributed by atoms with Crippen molar-refractivity contribution in [1.82, 2.24) is 4.98 Å². The van der Waals surface area contributed by atoms with E-state index in [4.69, 9.17) is 16.3 Å². The number of carbonyl (C=O) groups is 1. The molecule has 1 aromatic heterocycles. The van der Waals surface area contributed by atoms with Crippen molar-refractivity contribution >= 4 is 51.0 Å². The maximum atomic E-state index is 12.5. The number of ether oxygens (including phenoxy) is 1. The van der Waals surface area contributed by atoms with Crippen molar-refractivity contribution in [2.75, 3.05) is 17.7 Å². The molecule has 1 amide bonds. The van der Waals surface area contributed by atoms with Gasteiger partial charge in [-0.05, 0) is 36.4 Å². The van der Waals surface area contributed by atoms with Crippen LogP contribution in [0.4, 0.5) is 22.2 Å². The number of anilines is 3. The van der Waals surface area contributed by atoms with Crippen LogP contribution >= 0.6 is 22.9 Å². The lowest BCUT2D eigenvalue weighted by molar-refractivity contribution is -0.384. The summed E-state index contributed by atoms with van der Waals surface area (Å²) in [7, 11) is 1.62. The summed E-state index contributed by atoms with van der Waals surface area (Å²) in [5.74, 6) is 0.281. The van der Waals surface area contributed by atoms with Gasteiger partial charge in [0.25, 0.3) is 11.6 Å². The average molecular weight is 481 g/mol. The van der Waals surface area contributed by atoms with Crippen molar-refractivity contribution in [3.63, 3.8) is 0 Å². The summed E-state index contributed by atoms with van der Waals surface area (Å²) in [4.78, 5) is 27.5. The van der Waals surface area contributed by atoms with Gasteiger partial charge < -0.3 is 15.4 Å². The number of methoxy groups -OCH3 is 1. The van der Waals surface area contributed by atoms with Crippen LogP contribution in [0.3, 0.4) is 0 Å². The van der Waals surface area contributed by atoms with Gasteiger partial charge in [0.2, 0.25) is 0 Å². The summed E-state index contributed by atoms with van der Waals surface area (Å²) < 4.78 is 5.23. The van der Waals surface area contributed by atoms with E-state index in [2.05, 4.69) is 15.6 Å². The second-order valence-corrected chi connectivity index (χ2v) is 8.11. The number of aromatic nitrogens is 1. The fraction of sp³-hybridized carbons (Fsp3) is 0.0435. The van der Waals surface area contributed by atoms with Gasteiger partial charge in [-0.3, -0.25) is 14.9 Å². The molecule has 4 aromatic rings. The minimum absolute atomic E-state index is 0.0237. The molecule has 0 saturated carbocycles. The molecule has 0 bridgehead atoms. The van der Waals surface area contributed by atoms with Crippen LogP contribution in [0.15, 0.2) is 72.1 Å². The zero-order valence-electron chi connectivity index (χ0n) is 17.2. The number of hydrogen-bond donors (Lipinski definition) is 2. The summed E-state index contributed by atoms with van der Waals surface area (Å²) in [6.07, 6.45) is 0. The Hall–Kier alpha value is -3.95. The third-order valence-electron chi connectivity index (χ3n) is 4.67. The standard InChI is InChI=1S/C23H17ClN4O4S/c1-32-18-4-2-3-17(12-18)26-23-27-20(13-33-23)14-5-8-16(9-6-14)25-22(29)15-7-10-19(24)21(11-15)28(30)31/h2-13H,1H3,(H,25,29)(H,26,27). The van der Waals surface area contributed by atoms with E-state index in [0.717, 1.165) is 33.9 Å². The molecule has 33 heavy (non-hydrogen) atoms. The molecule has 3 aromatic carbocycles. The Morgan fingerprint density at radius 2 is 1.88 bits per heavy atom. The van der Waals surface area contributed by atoms with Gasteiger partial charge in [0.1, 0.15) is 10.8 Å². The van der Waals surface area contributed by atoms with Gasteiger partial charge >= 0.3 is 0 Å². The first-order chi connectivity index (χ1) is 15.9. The molecule has 0 fully saturated rings. The minimum atomic E-state index is -0.626. The van der Waals surface area contributed by atoms with Crippen molar-refractivity contribution in [2.24, 2.45) is 0 Å². The number of carbonyl (C=O) groups excluding carboxylic acids is 1. The number of benzene rings is 3. The Bertz CT molecular complexity index is 1320. The Morgan fingerprint density at radius 3 is 2.61 bits per heavy atom. The first kappa shape index (κ1) is 22.3. The van der Waals surface area contributed by atoms with Crippen LogP contribution in [0, 0.1) is 10.1 Å². The Morgan fingerprint density at radius 1 is 1.09 bits per heavy atom. The van der Waals surface area contributed by atoms with Crippen LogP contribution < -0.4 is 15.4 Å². The molecule has 0 aliphatic carbocycles. The number of hydrogen-bond acceptors (Lipinski definition) is 7. The average Bonchev–Trinajstić information content (AvgIpc) is 3.28. The third-order valence-corrected chi connectivity index (χ3v) is 5.75.